The molecule has 78 valence electrons. The maximum absolute atomic E-state index is 2.72. The van der Waals surface area contributed by atoms with Gasteiger partial charge in [-0.15, -0.1) is 0 Å². The quantitative estimate of drug-likeness (QED) is 0.646. The van der Waals surface area contributed by atoms with Crippen LogP contribution in [-0.2, 0) is 0 Å². The SMILES string of the molecule is CCCC1CCCCN1CC(C)C. The van der Waals surface area contributed by atoms with Crippen LogP contribution in [0.4, 0.5) is 0 Å². The Morgan fingerprint density at radius 3 is 2.69 bits per heavy atom. The topological polar surface area (TPSA) is 3.24 Å². The van der Waals surface area contributed by atoms with Crippen molar-refractivity contribution < 1.29 is 0 Å². The zero-order valence-corrected chi connectivity index (χ0v) is 9.55. The Bertz CT molecular complexity index is 129. The normalized spacial score (nSPS) is 25.4. The summed E-state index contributed by atoms with van der Waals surface area (Å²) in [5.41, 5.74) is 0. The van der Waals surface area contributed by atoms with Crippen LogP contribution in [0.2, 0.25) is 0 Å². The first kappa shape index (κ1) is 11.0. The zero-order chi connectivity index (χ0) is 9.68. The van der Waals surface area contributed by atoms with E-state index in [4.69, 9.17) is 0 Å². The van der Waals surface area contributed by atoms with E-state index in [0.29, 0.717) is 0 Å². The minimum Gasteiger partial charge on any atom is -0.300 e. The van der Waals surface area contributed by atoms with Crippen molar-refractivity contribution in [3.05, 3.63) is 0 Å². The average molecular weight is 183 g/mol. The predicted molar refractivity (Wildman–Crippen MR) is 59.0 cm³/mol. The van der Waals surface area contributed by atoms with E-state index in [-0.39, 0.29) is 0 Å². The molecule has 1 fully saturated rings. The second-order valence-corrected chi connectivity index (χ2v) is 4.83. The van der Waals surface area contributed by atoms with Gasteiger partial charge in [0.15, 0.2) is 0 Å². The molecule has 0 amide bonds. The van der Waals surface area contributed by atoms with Gasteiger partial charge in [0.25, 0.3) is 0 Å². The lowest BCUT2D eigenvalue weighted by molar-refractivity contribution is 0.124. The zero-order valence-electron chi connectivity index (χ0n) is 9.55. The summed E-state index contributed by atoms with van der Waals surface area (Å²) < 4.78 is 0. The van der Waals surface area contributed by atoms with E-state index >= 15 is 0 Å². The molecular formula is C12H25N. The molecule has 0 aromatic carbocycles. The van der Waals surface area contributed by atoms with Gasteiger partial charge in [-0.25, -0.2) is 0 Å². The molecule has 1 nitrogen and oxygen atoms in total. The minimum absolute atomic E-state index is 0.831. The Morgan fingerprint density at radius 1 is 1.31 bits per heavy atom. The van der Waals surface area contributed by atoms with Crippen LogP contribution in [0.25, 0.3) is 0 Å². The van der Waals surface area contributed by atoms with Crippen molar-refractivity contribution in [3.63, 3.8) is 0 Å². The van der Waals surface area contributed by atoms with Crippen LogP contribution < -0.4 is 0 Å². The van der Waals surface area contributed by atoms with Crippen molar-refractivity contribution in [3.8, 4) is 0 Å². The highest BCUT2D eigenvalue weighted by atomic mass is 15.2. The van der Waals surface area contributed by atoms with Gasteiger partial charge in [0.05, 0.1) is 0 Å². The summed E-state index contributed by atoms with van der Waals surface area (Å²) in [6.45, 7) is 9.63. The largest absolute Gasteiger partial charge is 0.300 e. The van der Waals surface area contributed by atoms with Crippen molar-refractivity contribution in [2.75, 3.05) is 13.1 Å². The van der Waals surface area contributed by atoms with E-state index in [0.717, 1.165) is 12.0 Å². The molecule has 1 unspecified atom stereocenters. The standard InChI is InChI=1S/C12H25N/c1-4-7-12-8-5-6-9-13(12)10-11(2)3/h11-12H,4-10H2,1-3H3. The molecule has 0 bridgehead atoms. The van der Waals surface area contributed by atoms with E-state index in [1.807, 2.05) is 0 Å². The molecule has 0 spiro atoms. The number of piperidine rings is 1. The molecule has 1 atom stereocenters. The molecule has 0 saturated carbocycles. The fraction of sp³-hybridized carbons (Fsp3) is 1.00. The Labute approximate surface area is 83.5 Å². The molecule has 0 aliphatic carbocycles. The highest BCUT2D eigenvalue weighted by Crippen LogP contribution is 2.21. The van der Waals surface area contributed by atoms with Gasteiger partial charge in [-0.05, 0) is 31.7 Å². The summed E-state index contributed by atoms with van der Waals surface area (Å²) >= 11 is 0. The summed E-state index contributed by atoms with van der Waals surface area (Å²) in [5.74, 6) is 0.831. The molecule has 0 radical (unpaired) electrons. The number of rotatable bonds is 4. The van der Waals surface area contributed by atoms with Gasteiger partial charge in [-0.2, -0.15) is 0 Å². The monoisotopic (exact) mass is 183 g/mol. The summed E-state index contributed by atoms with van der Waals surface area (Å²) in [6, 6.07) is 0.904. The Morgan fingerprint density at radius 2 is 2.08 bits per heavy atom. The first-order valence-electron chi connectivity index (χ1n) is 5.98. The van der Waals surface area contributed by atoms with Crippen molar-refractivity contribution >= 4 is 0 Å². The van der Waals surface area contributed by atoms with Crippen LogP contribution >= 0.6 is 0 Å². The van der Waals surface area contributed by atoms with Crippen LogP contribution in [0.5, 0.6) is 0 Å². The Balaban J connectivity index is 2.36. The maximum Gasteiger partial charge on any atom is 0.00952 e. The van der Waals surface area contributed by atoms with Crippen molar-refractivity contribution in [1.82, 2.24) is 4.90 Å². The molecule has 13 heavy (non-hydrogen) atoms. The summed E-state index contributed by atoms with van der Waals surface area (Å²) in [5, 5.41) is 0. The minimum atomic E-state index is 0.831. The summed E-state index contributed by atoms with van der Waals surface area (Å²) in [4.78, 5) is 2.72. The fourth-order valence-corrected chi connectivity index (χ4v) is 2.43. The number of nitrogens with zero attached hydrogens (tertiary/aromatic N) is 1. The molecular weight excluding hydrogens is 158 g/mol. The van der Waals surface area contributed by atoms with Crippen LogP contribution in [-0.4, -0.2) is 24.0 Å². The Hall–Kier alpha value is -0.0400. The lowest BCUT2D eigenvalue weighted by Gasteiger charge is -2.36. The van der Waals surface area contributed by atoms with E-state index in [2.05, 4.69) is 25.7 Å². The lowest BCUT2D eigenvalue weighted by atomic mass is 9.97. The van der Waals surface area contributed by atoms with Crippen LogP contribution in [0.15, 0.2) is 0 Å². The van der Waals surface area contributed by atoms with Crippen molar-refractivity contribution in [1.29, 1.82) is 0 Å². The van der Waals surface area contributed by atoms with Gasteiger partial charge in [-0.3, -0.25) is 0 Å². The average Bonchev–Trinajstić information content (AvgIpc) is 2.08. The van der Waals surface area contributed by atoms with E-state index in [9.17, 15) is 0 Å². The van der Waals surface area contributed by atoms with Gasteiger partial charge in [-0.1, -0.05) is 33.6 Å². The van der Waals surface area contributed by atoms with Gasteiger partial charge in [0.1, 0.15) is 0 Å². The second-order valence-electron chi connectivity index (χ2n) is 4.83. The highest BCUT2D eigenvalue weighted by molar-refractivity contribution is 4.76. The molecule has 1 aliphatic heterocycles. The van der Waals surface area contributed by atoms with Gasteiger partial charge in [0.2, 0.25) is 0 Å². The highest BCUT2D eigenvalue weighted by Gasteiger charge is 2.21. The second kappa shape index (κ2) is 5.64. The first-order chi connectivity index (χ1) is 6.24. The first-order valence-corrected chi connectivity index (χ1v) is 5.98. The predicted octanol–water partition coefficient (Wildman–Crippen LogP) is 3.30. The smallest absolute Gasteiger partial charge is 0.00952 e. The molecule has 0 N–H and O–H groups in total. The molecule has 0 aromatic heterocycles. The molecule has 1 heteroatoms. The molecule has 1 rings (SSSR count). The fourth-order valence-electron chi connectivity index (χ4n) is 2.43. The van der Waals surface area contributed by atoms with Gasteiger partial charge >= 0.3 is 0 Å². The van der Waals surface area contributed by atoms with Crippen LogP contribution in [0, 0.1) is 5.92 Å². The van der Waals surface area contributed by atoms with E-state index < -0.39 is 0 Å². The van der Waals surface area contributed by atoms with Gasteiger partial charge in [0, 0.05) is 12.6 Å². The third-order valence-electron chi connectivity index (χ3n) is 2.97. The molecule has 1 heterocycles. The van der Waals surface area contributed by atoms with Crippen molar-refractivity contribution in [2.45, 2.75) is 58.9 Å². The lowest BCUT2D eigenvalue weighted by Crippen LogP contribution is -2.41. The molecule has 1 aliphatic rings. The van der Waals surface area contributed by atoms with E-state index in [1.165, 1.54) is 45.2 Å². The molecule has 0 aromatic rings. The van der Waals surface area contributed by atoms with Crippen LogP contribution in [0.1, 0.15) is 52.9 Å². The number of hydrogen-bond donors (Lipinski definition) is 0. The number of likely N-dealkylation sites (tertiary alicyclic amines) is 1. The molecule has 1 saturated heterocycles. The Kier molecular flexibility index (Phi) is 4.79. The summed E-state index contributed by atoms with van der Waals surface area (Å²) in [7, 11) is 0. The maximum atomic E-state index is 2.72. The third-order valence-corrected chi connectivity index (χ3v) is 2.97. The third kappa shape index (κ3) is 3.68. The van der Waals surface area contributed by atoms with Gasteiger partial charge < -0.3 is 4.90 Å². The van der Waals surface area contributed by atoms with E-state index in [1.54, 1.807) is 0 Å². The van der Waals surface area contributed by atoms with Crippen LogP contribution in [0.3, 0.4) is 0 Å². The summed E-state index contributed by atoms with van der Waals surface area (Å²) in [6.07, 6.45) is 7.08. The number of hydrogen-bond acceptors (Lipinski definition) is 1. The van der Waals surface area contributed by atoms with Crippen molar-refractivity contribution in [2.24, 2.45) is 5.92 Å².